The number of rotatable bonds is 7. The van der Waals surface area contributed by atoms with Gasteiger partial charge in [-0.05, 0) is 13.8 Å². The van der Waals surface area contributed by atoms with Crippen LogP contribution in [0.2, 0.25) is 0 Å². The number of nitrogens with zero attached hydrogens (tertiary/aromatic N) is 1. The minimum atomic E-state index is -3.99. The van der Waals surface area contributed by atoms with Crippen molar-refractivity contribution in [2.24, 2.45) is 0 Å². The zero-order valence-electron chi connectivity index (χ0n) is 12.0. The molecule has 0 unspecified atom stereocenters. The molecule has 1 aromatic heterocycles. The fourth-order valence-electron chi connectivity index (χ4n) is 1.75. The molecular formula is C12H18N2O6S. The number of hydrogen-bond acceptors (Lipinski definition) is 5. The van der Waals surface area contributed by atoms with E-state index >= 15 is 0 Å². The molecule has 118 valence electrons. The zero-order valence-corrected chi connectivity index (χ0v) is 12.9. The second-order valence-electron chi connectivity index (χ2n) is 4.22. The first-order valence-corrected chi connectivity index (χ1v) is 7.78. The zero-order chi connectivity index (χ0) is 16.2. The van der Waals surface area contributed by atoms with Crippen LogP contribution in [0.15, 0.2) is 15.4 Å². The van der Waals surface area contributed by atoms with E-state index in [0.29, 0.717) is 6.54 Å². The smallest absolute Gasteiger partial charge is 0.371 e. The quantitative estimate of drug-likeness (QED) is 0.753. The molecule has 1 amide bonds. The monoisotopic (exact) mass is 318 g/mol. The SMILES string of the molecule is CCNC(=O)CN(CC)S(=O)(=O)c1cc(C(=O)O)oc1C. The molecule has 0 saturated carbocycles. The molecule has 0 radical (unpaired) electrons. The second-order valence-corrected chi connectivity index (χ2v) is 6.13. The first-order chi connectivity index (χ1) is 9.73. The van der Waals surface area contributed by atoms with Gasteiger partial charge >= 0.3 is 5.97 Å². The Morgan fingerprint density at radius 1 is 1.38 bits per heavy atom. The van der Waals surface area contributed by atoms with Gasteiger partial charge in [0.15, 0.2) is 0 Å². The van der Waals surface area contributed by atoms with Crippen LogP contribution in [-0.4, -0.2) is 49.3 Å². The Bertz CT molecular complexity index is 634. The number of carbonyl (C=O) groups excluding carboxylic acids is 1. The predicted octanol–water partition coefficient (Wildman–Crippen LogP) is 0.433. The lowest BCUT2D eigenvalue weighted by Crippen LogP contribution is -2.40. The largest absolute Gasteiger partial charge is 0.475 e. The van der Waals surface area contributed by atoms with Gasteiger partial charge in [0.05, 0.1) is 6.54 Å². The van der Waals surface area contributed by atoms with E-state index in [1.54, 1.807) is 13.8 Å². The Labute approximate surface area is 122 Å². The van der Waals surface area contributed by atoms with E-state index < -0.39 is 27.7 Å². The van der Waals surface area contributed by atoms with Gasteiger partial charge in [-0.2, -0.15) is 4.31 Å². The lowest BCUT2D eigenvalue weighted by Gasteiger charge is -2.19. The molecule has 1 heterocycles. The maximum Gasteiger partial charge on any atom is 0.371 e. The van der Waals surface area contributed by atoms with Crippen LogP contribution in [-0.2, 0) is 14.8 Å². The van der Waals surface area contributed by atoms with Crippen molar-refractivity contribution in [3.8, 4) is 0 Å². The van der Waals surface area contributed by atoms with E-state index in [2.05, 4.69) is 5.32 Å². The van der Waals surface area contributed by atoms with Crippen molar-refractivity contribution in [2.75, 3.05) is 19.6 Å². The normalized spacial score (nSPS) is 11.6. The standard InChI is InChI=1S/C12H18N2O6S/c1-4-13-11(15)7-14(5-2)21(18,19)10-6-9(12(16)17)20-8(10)3/h6H,4-5,7H2,1-3H3,(H,13,15)(H,16,17). The summed E-state index contributed by atoms with van der Waals surface area (Å²) in [7, 11) is -3.99. The fourth-order valence-corrected chi connectivity index (χ4v) is 3.31. The highest BCUT2D eigenvalue weighted by Gasteiger charge is 2.30. The minimum absolute atomic E-state index is 0.0262. The Morgan fingerprint density at radius 2 is 2.00 bits per heavy atom. The number of carboxylic acids is 1. The molecule has 0 aliphatic heterocycles. The molecule has 0 bridgehead atoms. The van der Waals surface area contributed by atoms with Gasteiger partial charge in [0, 0.05) is 19.2 Å². The highest BCUT2D eigenvalue weighted by atomic mass is 32.2. The van der Waals surface area contributed by atoms with E-state index in [-0.39, 0.29) is 23.7 Å². The molecular weight excluding hydrogens is 300 g/mol. The van der Waals surface area contributed by atoms with Crippen molar-refractivity contribution in [3.63, 3.8) is 0 Å². The molecule has 0 aliphatic carbocycles. The van der Waals surface area contributed by atoms with E-state index in [4.69, 9.17) is 9.52 Å². The molecule has 1 rings (SSSR count). The minimum Gasteiger partial charge on any atom is -0.475 e. The van der Waals surface area contributed by atoms with Crippen LogP contribution in [0.25, 0.3) is 0 Å². The number of amides is 1. The van der Waals surface area contributed by atoms with Crippen molar-refractivity contribution in [2.45, 2.75) is 25.7 Å². The third-order valence-electron chi connectivity index (χ3n) is 2.75. The summed E-state index contributed by atoms with van der Waals surface area (Å²) in [5, 5.41) is 11.3. The first kappa shape index (κ1) is 17.2. The average Bonchev–Trinajstić information content (AvgIpc) is 2.79. The Kier molecular flexibility index (Phi) is 5.50. The van der Waals surface area contributed by atoms with Gasteiger partial charge in [0.25, 0.3) is 0 Å². The Hall–Kier alpha value is -1.87. The number of carbonyl (C=O) groups is 2. The maximum atomic E-state index is 12.5. The number of aromatic carboxylic acids is 1. The summed E-state index contributed by atoms with van der Waals surface area (Å²) in [6.45, 7) is 4.81. The molecule has 9 heteroatoms. The molecule has 0 aliphatic rings. The van der Waals surface area contributed by atoms with Crippen molar-refractivity contribution in [1.82, 2.24) is 9.62 Å². The number of carboxylic acid groups (broad SMARTS) is 1. The van der Waals surface area contributed by atoms with Crippen LogP contribution in [0.5, 0.6) is 0 Å². The number of sulfonamides is 1. The number of nitrogens with one attached hydrogen (secondary N) is 1. The molecule has 0 saturated heterocycles. The average molecular weight is 318 g/mol. The van der Waals surface area contributed by atoms with Crippen LogP contribution in [0.1, 0.15) is 30.2 Å². The Morgan fingerprint density at radius 3 is 2.43 bits per heavy atom. The van der Waals surface area contributed by atoms with Gasteiger partial charge in [-0.25, -0.2) is 13.2 Å². The molecule has 21 heavy (non-hydrogen) atoms. The highest BCUT2D eigenvalue weighted by molar-refractivity contribution is 7.89. The lowest BCUT2D eigenvalue weighted by molar-refractivity contribution is -0.121. The van der Waals surface area contributed by atoms with E-state index in [0.717, 1.165) is 10.4 Å². The highest BCUT2D eigenvalue weighted by Crippen LogP contribution is 2.23. The van der Waals surface area contributed by atoms with Gasteiger partial charge in [0.1, 0.15) is 10.7 Å². The molecule has 0 atom stereocenters. The summed E-state index contributed by atoms with van der Waals surface area (Å²) in [4.78, 5) is 22.1. The van der Waals surface area contributed by atoms with Crippen LogP contribution < -0.4 is 5.32 Å². The topological polar surface area (TPSA) is 117 Å². The van der Waals surface area contributed by atoms with Crippen LogP contribution in [0.4, 0.5) is 0 Å². The van der Waals surface area contributed by atoms with Crippen molar-refractivity contribution >= 4 is 21.9 Å². The summed E-state index contributed by atoms with van der Waals surface area (Å²) in [6.07, 6.45) is 0. The molecule has 2 N–H and O–H groups in total. The van der Waals surface area contributed by atoms with Gasteiger partial charge in [-0.3, -0.25) is 4.79 Å². The lowest BCUT2D eigenvalue weighted by atomic mass is 10.4. The van der Waals surface area contributed by atoms with E-state index in [1.807, 2.05) is 0 Å². The van der Waals surface area contributed by atoms with Crippen molar-refractivity contribution < 1.29 is 27.5 Å². The number of aryl methyl sites for hydroxylation is 1. The maximum absolute atomic E-state index is 12.5. The van der Waals surface area contributed by atoms with Gasteiger partial charge in [0.2, 0.25) is 21.7 Å². The molecule has 0 aromatic carbocycles. The molecule has 1 aromatic rings. The number of likely N-dealkylation sites (N-methyl/N-ethyl adjacent to an activating group) is 2. The van der Waals surface area contributed by atoms with E-state index in [9.17, 15) is 18.0 Å². The van der Waals surface area contributed by atoms with Crippen molar-refractivity contribution in [3.05, 3.63) is 17.6 Å². The second kappa shape index (κ2) is 6.72. The molecule has 0 fully saturated rings. The summed E-state index contributed by atoms with van der Waals surface area (Å²) < 4.78 is 30.8. The third kappa shape index (κ3) is 3.82. The molecule has 0 spiro atoms. The van der Waals surface area contributed by atoms with Crippen LogP contribution in [0.3, 0.4) is 0 Å². The first-order valence-electron chi connectivity index (χ1n) is 6.34. The predicted molar refractivity (Wildman–Crippen MR) is 73.5 cm³/mol. The van der Waals surface area contributed by atoms with Crippen LogP contribution >= 0.6 is 0 Å². The van der Waals surface area contributed by atoms with Gasteiger partial charge in [-0.1, -0.05) is 6.92 Å². The van der Waals surface area contributed by atoms with Crippen molar-refractivity contribution in [1.29, 1.82) is 0 Å². The van der Waals surface area contributed by atoms with E-state index in [1.165, 1.54) is 6.92 Å². The van der Waals surface area contributed by atoms with Crippen LogP contribution in [0, 0.1) is 6.92 Å². The molecule has 8 nitrogen and oxygen atoms in total. The van der Waals surface area contributed by atoms with Gasteiger partial charge < -0.3 is 14.8 Å². The summed E-state index contributed by atoms with van der Waals surface area (Å²) in [5.74, 6) is -2.27. The number of hydrogen-bond donors (Lipinski definition) is 2. The third-order valence-corrected chi connectivity index (χ3v) is 4.78. The fraction of sp³-hybridized carbons (Fsp3) is 0.500. The van der Waals surface area contributed by atoms with Gasteiger partial charge in [-0.15, -0.1) is 0 Å². The Balaban J connectivity index is 3.13. The summed E-state index contributed by atoms with van der Waals surface area (Å²) >= 11 is 0. The number of furan rings is 1. The summed E-state index contributed by atoms with van der Waals surface area (Å²) in [6, 6.07) is 0.952. The summed E-state index contributed by atoms with van der Waals surface area (Å²) in [5.41, 5.74) is 0.